The van der Waals surface area contributed by atoms with Crippen molar-refractivity contribution in [3.63, 3.8) is 0 Å². The van der Waals surface area contributed by atoms with Gasteiger partial charge in [-0.15, -0.1) is 11.8 Å². The average Bonchev–Trinajstić information content (AvgIpc) is 2.82. The van der Waals surface area contributed by atoms with E-state index in [1.165, 1.54) is 23.1 Å². The summed E-state index contributed by atoms with van der Waals surface area (Å²) >= 11 is 1.60. The highest BCUT2D eigenvalue weighted by Gasteiger charge is 2.28. The van der Waals surface area contributed by atoms with Gasteiger partial charge in [0.2, 0.25) is 11.8 Å². The van der Waals surface area contributed by atoms with E-state index < -0.39 is 6.04 Å². The van der Waals surface area contributed by atoms with Gasteiger partial charge >= 0.3 is 0 Å². The monoisotopic (exact) mass is 482 g/mol. The number of methoxy groups -OCH3 is 1. The predicted octanol–water partition coefficient (Wildman–Crippen LogP) is 5.41. The van der Waals surface area contributed by atoms with Crippen molar-refractivity contribution >= 4 is 23.6 Å². The zero-order chi connectivity index (χ0) is 24.5. The number of aryl methyl sites for hydroxylation is 2. The molecular formula is C28H38N2O3S. The molecule has 184 valence electrons. The number of ether oxygens (including phenoxy) is 1. The third-order valence-corrected chi connectivity index (χ3v) is 7.37. The largest absolute Gasteiger partial charge is 0.497 e. The lowest BCUT2D eigenvalue weighted by atomic mass is 9.95. The van der Waals surface area contributed by atoms with Crippen molar-refractivity contribution in [1.29, 1.82) is 0 Å². The van der Waals surface area contributed by atoms with Gasteiger partial charge in [0.1, 0.15) is 11.8 Å². The normalized spacial score (nSPS) is 14.9. The summed E-state index contributed by atoms with van der Waals surface area (Å²) in [6, 6.07) is 13.9. The SMILES string of the molecule is COc1cccc(CN(C(=O)CSCc2cc(C)cc(C)c2)C(C)C(=O)NC2CCCCC2)c1. The summed E-state index contributed by atoms with van der Waals surface area (Å²) in [5.41, 5.74) is 4.63. The van der Waals surface area contributed by atoms with Gasteiger partial charge < -0.3 is 15.0 Å². The van der Waals surface area contributed by atoms with Crippen LogP contribution >= 0.6 is 11.8 Å². The second-order valence-corrected chi connectivity index (χ2v) is 10.4. The van der Waals surface area contributed by atoms with E-state index in [0.29, 0.717) is 12.3 Å². The highest BCUT2D eigenvalue weighted by Crippen LogP contribution is 2.21. The molecule has 0 radical (unpaired) electrons. The molecule has 1 saturated carbocycles. The summed E-state index contributed by atoms with van der Waals surface area (Å²) < 4.78 is 5.35. The maximum absolute atomic E-state index is 13.4. The lowest BCUT2D eigenvalue weighted by Gasteiger charge is -2.31. The molecule has 0 aliphatic heterocycles. The second kappa shape index (κ2) is 12.8. The number of nitrogens with zero attached hydrogens (tertiary/aromatic N) is 1. The van der Waals surface area contributed by atoms with E-state index >= 15 is 0 Å². The Bertz CT molecular complexity index is 952. The van der Waals surface area contributed by atoms with Crippen LogP contribution in [0.1, 0.15) is 61.3 Å². The van der Waals surface area contributed by atoms with Crippen molar-refractivity contribution in [3.05, 3.63) is 64.7 Å². The van der Waals surface area contributed by atoms with Crippen LogP contribution in [0.3, 0.4) is 0 Å². The Hall–Kier alpha value is -2.47. The number of hydrogen-bond acceptors (Lipinski definition) is 4. The van der Waals surface area contributed by atoms with E-state index in [2.05, 4.69) is 37.4 Å². The summed E-state index contributed by atoms with van der Waals surface area (Å²) in [6.45, 7) is 6.40. The Balaban J connectivity index is 1.68. The average molecular weight is 483 g/mol. The standard InChI is InChI=1S/C28H38N2O3S/c1-20-13-21(2)15-24(14-20)18-34-19-27(31)30(17-23-9-8-12-26(16-23)33-4)22(3)28(32)29-25-10-6-5-7-11-25/h8-9,12-16,22,25H,5-7,10-11,17-19H2,1-4H3,(H,29,32). The van der Waals surface area contributed by atoms with Gasteiger partial charge in [0.05, 0.1) is 12.9 Å². The van der Waals surface area contributed by atoms with Crippen molar-refractivity contribution in [1.82, 2.24) is 10.2 Å². The van der Waals surface area contributed by atoms with Crippen LogP contribution in [-0.4, -0.2) is 41.7 Å². The zero-order valence-electron chi connectivity index (χ0n) is 20.9. The van der Waals surface area contributed by atoms with Gasteiger partial charge in [0.15, 0.2) is 0 Å². The van der Waals surface area contributed by atoms with Gasteiger partial charge in [-0.05, 0) is 56.9 Å². The van der Waals surface area contributed by atoms with Crippen molar-refractivity contribution in [3.8, 4) is 5.75 Å². The summed E-state index contributed by atoms with van der Waals surface area (Å²) in [4.78, 5) is 28.2. The Morgan fingerprint density at radius 2 is 1.76 bits per heavy atom. The Morgan fingerprint density at radius 1 is 1.06 bits per heavy atom. The summed E-state index contributed by atoms with van der Waals surface area (Å²) in [5, 5.41) is 3.19. The van der Waals surface area contributed by atoms with Crippen molar-refractivity contribution in [2.45, 2.75) is 77.3 Å². The highest BCUT2D eigenvalue weighted by atomic mass is 32.2. The molecule has 1 aliphatic rings. The number of thioether (sulfide) groups is 1. The molecule has 0 bridgehead atoms. The van der Waals surface area contributed by atoms with E-state index in [0.717, 1.165) is 42.7 Å². The Labute approximate surface area is 208 Å². The number of carbonyl (C=O) groups is 2. The molecule has 34 heavy (non-hydrogen) atoms. The smallest absolute Gasteiger partial charge is 0.242 e. The molecule has 5 nitrogen and oxygen atoms in total. The molecule has 1 atom stereocenters. The quantitative estimate of drug-likeness (QED) is 0.492. The zero-order valence-corrected chi connectivity index (χ0v) is 21.7. The molecule has 2 aromatic carbocycles. The first-order valence-electron chi connectivity index (χ1n) is 12.2. The molecule has 0 saturated heterocycles. The van der Waals surface area contributed by atoms with Crippen molar-refractivity contribution < 1.29 is 14.3 Å². The molecule has 0 aromatic heterocycles. The van der Waals surface area contributed by atoms with Gasteiger partial charge in [0.25, 0.3) is 0 Å². The van der Waals surface area contributed by atoms with E-state index in [-0.39, 0.29) is 17.9 Å². The lowest BCUT2D eigenvalue weighted by Crippen LogP contribution is -2.50. The molecule has 1 aliphatic carbocycles. The van der Waals surface area contributed by atoms with E-state index in [1.54, 1.807) is 23.8 Å². The van der Waals surface area contributed by atoms with Gasteiger partial charge in [-0.2, -0.15) is 0 Å². The van der Waals surface area contributed by atoms with Crippen LogP contribution in [0, 0.1) is 13.8 Å². The number of carbonyl (C=O) groups excluding carboxylic acids is 2. The fraction of sp³-hybridized carbons (Fsp3) is 0.500. The van der Waals surface area contributed by atoms with Crippen LogP contribution in [0.4, 0.5) is 0 Å². The molecule has 0 heterocycles. The molecule has 1 N–H and O–H groups in total. The Morgan fingerprint density at radius 3 is 2.44 bits per heavy atom. The molecule has 2 amide bonds. The first-order chi connectivity index (χ1) is 16.4. The third-order valence-electron chi connectivity index (χ3n) is 6.38. The number of benzene rings is 2. The van der Waals surface area contributed by atoms with E-state index in [9.17, 15) is 9.59 Å². The summed E-state index contributed by atoms with van der Waals surface area (Å²) in [5.74, 6) is 1.75. The van der Waals surface area contributed by atoms with E-state index in [4.69, 9.17) is 4.74 Å². The summed E-state index contributed by atoms with van der Waals surface area (Å²) in [6.07, 6.45) is 5.59. The minimum atomic E-state index is -0.539. The summed E-state index contributed by atoms with van der Waals surface area (Å²) in [7, 11) is 1.63. The second-order valence-electron chi connectivity index (χ2n) is 9.38. The molecule has 0 spiro atoms. The first-order valence-corrected chi connectivity index (χ1v) is 13.4. The lowest BCUT2D eigenvalue weighted by molar-refractivity contribution is -0.139. The minimum absolute atomic E-state index is 0.0245. The van der Waals surface area contributed by atoms with Crippen molar-refractivity contribution in [2.75, 3.05) is 12.9 Å². The van der Waals surface area contributed by atoms with Crippen LogP contribution in [0.25, 0.3) is 0 Å². The fourth-order valence-electron chi connectivity index (χ4n) is 4.61. The minimum Gasteiger partial charge on any atom is -0.497 e. The number of rotatable bonds is 10. The van der Waals surface area contributed by atoms with Gasteiger partial charge in [0, 0.05) is 18.3 Å². The van der Waals surface area contributed by atoms with Crippen LogP contribution < -0.4 is 10.1 Å². The van der Waals surface area contributed by atoms with Gasteiger partial charge in [-0.1, -0.05) is 60.7 Å². The third kappa shape index (κ3) is 7.79. The number of amides is 2. The number of hydrogen-bond donors (Lipinski definition) is 1. The first kappa shape index (κ1) is 26.1. The fourth-order valence-corrected chi connectivity index (χ4v) is 5.46. The maximum atomic E-state index is 13.4. The maximum Gasteiger partial charge on any atom is 0.242 e. The molecule has 1 fully saturated rings. The Kier molecular flexibility index (Phi) is 9.87. The molecule has 3 rings (SSSR count). The van der Waals surface area contributed by atoms with Crippen LogP contribution in [0.15, 0.2) is 42.5 Å². The van der Waals surface area contributed by atoms with E-state index in [1.807, 2.05) is 31.2 Å². The number of nitrogens with one attached hydrogen (secondary N) is 1. The van der Waals surface area contributed by atoms with Crippen LogP contribution in [0.5, 0.6) is 5.75 Å². The van der Waals surface area contributed by atoms with Gasteiger partial charge in [-0.25, -0.2) is 0 Å². The molecule has 1 unspecified atom stereocenters. The predicted molar refractivity (Wildman–Crippen MR) is 140 cm³/mol. The van der Waals surface area contributed by atoms with Gasteiger partial charge in [-0.3, -0.25) is 9.59 Å². The van der Waals surface area contributed by atoms with Crippen molar-refractivity contribution in [2.24, 2.45) is 0 Å². The topological polar surface area (TPSA) is 58.6 Å². The van der Waals surface area contributed by atoms with Crippen LogP contribution in [-0.2, 0) is 21.9 Å². The molecular weight excluding hydrogens is 444 g/mol. The molecule has 6 heteroatoms. The highest BCUT2D eigenvalue weighted by molar-refractivity contribution is 7.99. The van der Waals surface area contributed by atoms with Crippen LogP contribution in [0.2, 0.25) is 0 Å². The molecule has 2 aromatic rings.